The van der Waals surface area contributed by atoms with Crippen LogP contribution in [-0.2, 0) is 7.47 Å². The molecule has 1 rings (SSSR count). The van der Waals surface area contributed by atoms with E-state index < -0.39 is 13.8 Å². The molecule has 0 saturated heterocycles. The SMILES string of the molecule is CO[As](C)(=O)c1ccccc1. The maximum atomic E-state index is 11.6. The number of benzene rings is 1. The first-order valence-corrected chi connectivity index (χ1v) is 7.70. The summed E-state index contributed by atoms with van der Waals surface area (Å²) < 4.78 is 17.4. The molecule has 11 heavy (non-hydrogen) atoms. The van der Waals surface area contributed by atoms with E-state index in [9.17, 15) is 3.74 Å². The molecule has 3 heteroatoms. The van der Waals surface area contributed by atoms with Crippen molar-refractivity contribution in [3.8, 4) is 0 Å². The van der Waals surface area contributed by atoms with E-state index in [0.29, 0.717) is 0 Å². The molecular formula is C8H11AsO2. The monoisotopic (exact) mass is 214 g/mol. The van der Waals surface area contributed by atoms with Crippen LogP contribution in [0.25, 0.3) is 0 Å². The average Bonchev–Trinajstić information content (AvgIpc) is 2.06. The summed E-state index contributed by atoms with van der Waals surface area (Å²) in [6, 6.07) is 9.31. The molecule has 0 amide bonds. The summed E-state index contributed by atoms with van der Waals surface area (Å²) in [6.07, 6.45) is 0. The molecule has 0 heterocycles. The van der Waals surface area contributed by atoms with Gasteiger partial charge < -0.3 is 0 Å². The fraction of sp³-hybridized carbons (Fsp3) is 0.250. The van der Waals surface area contributed by atoms with Crippen LogP contribution < -0.4 is 4.35 Å². The Morgan fingerprint density at radius 3 is 2.27 bits per heavy atom. The van der Waals surface area contributed by atoms with Gasteiger partial charge in [0, 0.05) is 0 Å². The zero-order chi connectivity index (χ0) is 8.32. The van der Waals surface area contributed by atoms with Gasteiger partial charge in [-0.1, -0.05) is 0 Å². The molecule has 0 N–H and O–H groups in total. The number of hydrogen-bond donors (Lipinski definition) is 0. The van der Waals surface area contributed by atoms with E-state index >= 15 is 0 Å². The van der Waals surface area contributed by atoms with E-state index in [1.54, 1.807) is 5.71 Å². The third kappa shape index (κ3) is 1.98. The Balaban J connectivity index is 3.03. The quantitative estimate of drug-likeness (QED) is 0.687. The predicted octanol–water partition coefficient (Wildman–Crippen LogP) is 1.04. The Kier molecular flexibility index (Phi) is 2.58. The van der Waals surface area contributed by atoms with Crippen LogP contribution in [0.1, 0.15) is 0 Å². The molecule has 0 aliphatic carbocycles. The van der Waals surface area contributed by atoms with Gasteiger partial charge in [-0.05, 0) is 0 Å². The molecule has 60 valence electrons. The Morgan fingerprint density at radius 2 is 1.82 bits per heavy atom. The van der Waals surface area contributed by atoms with Gasteiger partial charge in [0.25, 0.3) is 0 Å². The van der Waals surface area contributed by atoms with Crippen molar-refractivity contribution < 1.29 is 7.47 Å². The van der Waals surface area contributed by atoms with Crippen molar-refractivity contribution in [1.29, 1.82) is 0 Å². The third-order valence-corrected chi connectivity index (χ3v) is 5.63. The molecule has 0 bridgehead atoms. The Bertz CT molecular complexity index is 269. The summed E-state index contributed by atoms with van der Waals surface area (Å²) in [4.78, 5) is 0. The zero-order valence-corrected chi connectivity index (χ0v) is 8.53. The van der Waals surface area contributed by atoms with Gasteiger partial charge in [0.05, 0.1) is 0 Å². The van der Waals surface area contributed by atoms with Crippen molar-refractivity contribution >= 4 is 18.2 Å². The van der Waals surface area contributed by atoms with Crippen LogP contribution in [0.3, 0.4) is 0 Å². The summed E-state index contributed by atoms with van der Waals surface area (Å²) in [7, 11) is 1.49. The van der Waals surface area contributed by atoms with Gasteiger partial charge in [-0.2, -0.15) is 0 Å². The Morgan fingerprint density at radius 1 is 1.27 bits per heavy atom. The van der Waals surface area contributed by atoms with Crippen molar-refractivity contribution in [2.75, 3.05) is 7.11 Å². The van der Waals surface area contributed by atoms with E-state index in [1.165, 1.54) is 7.11 Å². The summed E-state index contributed by atoms with van der Waals surface area (Å²) in [5.74, 6) is 0. The van der Waals surface area contributed by atoms with Crippen LogP contribution in [0.15, 0.2) is 30.3 Å². The second kappa shape index (κ2) is 3.29. The first-order valence-electron chi connectivity index (χ1n) is 3.35. The summed E-state index contributed by atoms with van der Waals surface area (Å²) in [5, 5.41) is 0. The third-order valence-electron chi connectivity index (χ3n) is 1.57. The van der Waals surface area contributed by atoms with Crippen molar-refractivity contribution in [2.24, 2.45) is 0 Å². The predicted molar refractivity (Wildman–Crippen MR) is 45.4 cm³/mol. The van der Waals surface area contributed by atoms with Crippen LogP contribution in [0, 0.1) is 0 Å². The second-order valence-corrected chi connectivity index (χ2v) is 7.76. The standard InChI is InChI=1S/C8H11AsO2/c1-9(10,11-2)8-6-4-3-5-7-8/h3-7H,1-2H3. The molecule has 1 atom stereocenters. The summed E-state index contributed by atoms with van der Waals surface area (Å²) in [6.45, 7) is 0. The molecular weight excluding hydrogens is 203 g/mol. The van der Waals surface area contributed by atoms with Crippen LogP contribution >= 0.6 is 0 Å². The minimum atomic E-state index is -3.13. The second-order valence-electron chi connectivity index (χ2n) is 2.36. The zero-order valence-electron chi connectivity index (χ0n) is 6.65. The van der Waals surface area contributed by atoms with E-state index in [4.69, 9.17) is 3.73 Å². The fourth-order valence-electron chi connectivity index (χ4n) is 0.804. The summed E-state index contributed by atoms with van der Waals surface area (Å²) in [5.41, 5.74) is 1.67. The normalized spacial score (nSPS) is 15.8. The van der Waals surface area contributed by atoms with Gasteiger partial charge in [0.1, 0.15) is 0 Å². The fourth-order valence-corrected chi connectivity index (χ4v) is 2.74. The molecule has 0 radical (unpaired) electrons. The van der Waals surface area contributed by atoms with Crippen LogP contribution in [0.5, 0.6) is 0 Å². The first-order chi connectivity index (χ1) is 5.17. The van der Waals surface area contributed by atoms with Crippen LogP contribution in [0.4, 0.5) is 0 Å². The molecule has 1 unspecified atom stereocenters. The number of hydrogen-bond acceptors (Lipinski definition) is 2. The van der Waals surface area contributed by atoms with Gasteiger partial charge in [-0.3, -0.25) is 0 Å². The molecule has 2 nitrogen and oxygen atoms in total. The van der Waals surface area contributed by atoms with Gasteiger partial charge in [-0.25, -0.2) is 0 Å². The van der Waals surface area contributed by atoms with Gasteiger partial charge in [0.2, 0.25) is 0 Å². The average molecular weight is 214 g/mol. The van der Waals surface area contributed by atoms with Crippen LogP contribution in [0.2, 0.25) is 5.71 Å². The maximum absolute atomic E-state index is 11.6. The molecule has 1 aromatic carbocycles. The molecule has 0 fully saturated rings. The first kappa shape index (κ1) is 8.63. The molecule has 0 aliphatic rings. The van der Waals surface area contributed by atoms with Crippen molar-refractivity contribution in [3.63, 3.8) is 0 Å². The van der Waals surface area contributed by atoms with E-state index in [1.807, 2.05) is 30.3 Å². The topological polar surface area (TPSA) is 26.3 Å². The van der Waals surface area contributed by atoms with Gasteiger partial charge in [-0.15, -0.1) is 0 Å². The molecule has 0 aromatic heterocycles. The van der Waals surface area contributed by atoms with Gasteiger partial charge >= 0.3 is 68.8 Å². The Hall–Kier alpha value is -0.462. The van der Waals surface area contributed by atoms with Crippen molar-refractivity contribution in [1.82, 2.24) is 0 Å². The summed E-state index contributed by atoms with van der Waals surface area (Å²) >= 11 is -3.13. The van der Waals surface area contributed by atoms with E-state index in [2.05, 4.69) is 0 Å². The van der Waals surface area contributed by atoms with Crippen LogP contribution in [-0.4, -0.2) is 20.9 Å². The molecule has 0 saturated carbocycles. The van der Waals surface area contributed by atoms with E-state index in [-0.39, 0.29) is 0 Å². The molecule has 0 aliphatic heterocycles. The molecule has 0 spiro atoms. The van der Waals surface area contributed by atoms with E-state index in [0.717, 1.165) is 4.35 Å². The van der Waals surface area contributed by atoms with Crippen molar-refractivity contribution in [2.45, 2.75) is 5.71 Å². The minimum absolute atomic E-state index is 0.827. The van der Waals surface area contributed by atoms with Gasteiger partial charge in [0.15, 0.2) is 0 Å². The van der Waals surface area contributed by atoms with Crippen molar-refractivity contribution in [3.05, 3.63) is 30.3 Å². The Labute approximate surface area is 69.2 Å². The molecule has 1 aromatic rings. The number of rotatable bonds is 2.